The van der Waals surface area contributed by atoms with Crippen LogP contribution < -0.4 is 11.3 Å². The summed E-state index contributed by atoms with van der Waals surface area (Å²) < 4.78 is 0. The molecule has 2 nitrogen and oxygen atoms in total. The Morgan fingerprint density at radius 2 is 1.93 bits per heavy atom. The number of nitrogens with one attached hydrogen (secondary N) is 1. The molecule has 0 fully saturated rings. The fraction of sp³-hybridized carbons (Fsp3) is 0.385. The molecule has 80 valence electrons. The molecule has 1 aliphatic carbocycles. The van der Waals surface area contributed by atoms with Crippen LogP contribution in [0.25, 0.3) is 0 Å². The van der Waals surface area contributed by atoms with E-state index in [1.807, 2.05) is 6.92 Å². The van der Waals surface area contributed by atoms with E-state index in [0.717, 1.165) is 18.4 Å². The largest absolute Gasteiger partial charge is 0.271 e. The highest BCUT2D eigenvalue weighted by Crippen LogP contribution is 2.30. The van der Waals surface area contributed by atoms with Crippen LogP contribution in [0.2, 0.25) is 0 Å². The maximum atomic E-state index is 5.58. The van der Waals surface area contributed by atoms with Crippen molar-refractivity contribution in [2.24, 2.45) is 11.8 Å². The highest BCUT2D eigenvalue weighted by molar-refractivity contribution is 5.33. The molecular formula is C13H18N2. The summed E-state index contributed by atoms with van der Waals surface area (Å²) in [5.74, 6) is 6.14. The van der Waals surface area contributed by atoms with E-state index in [0.29, 0.717) is 5.92 Å². The van der Waals surface area contributed by atoms with Crippen molar-refractivity contribution in [3.63, 3.8) is 0 Å². The van der Waals surface area contributed by atoms with E-state index in [4.69, 9.17) is 5.84 Å². The van der Waals surface area contributed by atoms with Crippen LogP contribution in [0, 0.1) is 5.92 Å². The summed E-state index contributed by atoms with van der Waals surface area (Å²) in [4.78, 5) is 0. The summed E-state index contributed by atoms with van der Waals surface area (Å²) in [6.45, 7) is 6.03. The molecule has 0 saturated carbocycles. The van der Waals surface area contributed by atoms with Crippen molar-refractivity contribution in [3.8, 4) is 0 Å². The minimum Gasteiger partial charge on any atom is -0.271 e. The topological polar surface area (TPSA) is 38.0 Å². The van der Waals surface area contributed by atoms with Gasteiger partial charge in [-0.2, -0.15) is 0 Å². The molecule has 1 aliphatic rings. The summed E-state index contributed by atoms with van der Waals surface area (Å²) in [7, 11) is 0. The lowest BCUT2D eigenvalue weighted by atomic mass is 9.92. The van der Waals surface area contributed by atoms with Crippen LogP contribution in [0.3, 0.4) is 0 Å². The van der Waals surface area contributed by atoms with E-state index in [1.165, 1.54) is 11.1 Å². The van der Waals surface area contributed by atoms with Gasteiger partial charge >= 0.3 is 0 Å². The Kier molecular flexibility index (Phi) is 2.89. The minimum absolute atomic E-state index is 0.234. The molecule has 3 N–H and O–H groups in total. The second-order valence-electron chi connectivity index (χ2n) is 4.43. The first-order valence-electron chi connectivity index (χ1n) is 5.40. The summed E-state index contributed by atoms with van der Waals surface area (Å²) in [5.41, 5.74) is 6.92. The van der Waals surface area contributed by atoms with E-state index in [1.54, 1.807) is 0 Å². The number of hydrogen-bond acceptors (Lipinski definition) is 2. The lowest BCUT2D eigenvalue weighted by molar-refractivity contribution is 0.412. The second kappa shape index (κ2) is 4.17. The molecular weight excluding hydrogens is 184 g/mol. The normalized spacial score (nSPS) is 17.5. The first-order valence-corrected chi connectivity index (χ1v) is 5.40. The van der Waals surface area contributed by atoms with Crippen molar-refractivity contribution in [1.82, 2.24) is 5.43 Å². The predicted octanol–water partition coefficient (Wildman–Crippen LogP) is 1.81. The lowest BCUT2D eigenvalue weighted by Gasteiger charge is -2.22. The van der Waals surface area contributed by atoms with Crippen LogP contribution in [-0.2, 0) is 12.8 Å². The molecule has 0 aliphatic heterocycles. The molecule has 1 aromatic carbocycles. The van der Waals surface area contributed by atoms with Gasteiger partial charge in [0.15, 0.2) is 0 Å². The average Bonchev–Trinajstić information content (AvgIpc) is 2.61. The van der Waals surface area contributed by atoms with Gasteiger partial charge in [0.05, 0.1) is 0 Å². The second-order valence-corrected chi connectivity index (χ2v) is 4.43. The van der Waals surface area contributed by atoms with Gasteiger partial charge in [-0.1, -0.05) is 36.4 Å². The van der Waals surface area contributed by atoms with E-state index in [9.17, 15) is 0 Å². The SMILES string of the molecule is C=C(C)C(NN)C1Cc2ccccc2C1. The third-order valence-electron chi connectivity index (χ3n) is 3.26. The molecule has 0 aromatic heterocycles. The standard InChI is InChI=1S/C13H18N2/c1-9(2)13(15-14)12-7-10-5-3-4-6-11(10)8-12/h3-6,12-13,15H,1,7-8,14H2,2H3. The Labute approximate surface area is 91.2 Å². The van der Waals surface area contributed by atoms with Gasteiger partial charge in [0.1, 0.15) is 0 Å². The van der Waals surface area contributed by atoms with Crippen molar-refractivity contribution in [2.75, 3.05) is 0 Å². The maximum Gasteiger partial charge on any atom is 0.0449 e. The van der Waals surface area contributed by atoms with Crippen LogP contribution in [-0.4, -0.2) is 6.04 Å². The van der Waals surface area contributed by atoms with Crippen LogP contribution >= 0.6 is 0 Å². The highest BCUT2D eigenvalue weighted by atomic mass is 15.2. The number of nitrogens with two attached hydrogens (primary N) is 1. The number of hydrogen-bond donors (Lipinski definition) is 2. The summed E-state index contributed by atoms with van der Waals surface area (Å²) in [6.07, 6.45) is 2.22. The van der Waals surface area contributed by atoms with Gasteiger partial charge in [0.2, 0.25) is 0 Å². The molecule has 15 heavy (non-hydrogen) atoms. The van der Waals surface area contributed by atoms with E-state index >= 15 is 0 Å². The zero-order valence-electron chi connectivity index (χ0n) is 9.16. The minimum atomic E-state index is 0.234. The van der Waals surface area contributed by atoms with Crippen LogP contribution in [0.15, 0.2) is 36.4 Å². The molecule has 0 spiro atoms. The predicted molar refractivity (Wildman–Crippen MR) is 63.3 cm³/mol. The van der Waals surface area contributed by atoms with Crippen LogP contribution in [0.4, 0.5) is 0 Å². The fourth-order valence-electron chi connectivity index (χ4n) is 2.51. The quantitative estimate of drug-likeness (QED) is 0.445. The van der Waals surface area contributed by atoms with Crippen molar-refractivity contribution in [2.45, 2.75) is 25.8 Å². The lowest BCUT2D eigenvalue weighted by Crippen LogP contribution is -2.41. The molecule has 1 unspecified atom stereocenters. The monoisotopic (exact) mass is 202 g/mol. The third-order valence-corrected chi connectivity index (χ3v) is 3.26. The average molecular weight is 202 g/mol. The van der Waals surface area contributed by atoms with Crippen LogP contribution in [0.1, 0.15) is 18.1 Å². The Morgan fingerprint density at radius 3 is 2.33 bits per heavy atom. The highest BCUT2D eigenvalue weighted by Gasteiger charge is 2.27. The van der Waals surface area contributed by atoms with Crippen molar-refractivity contribution < 1.29 is 0 Å². The summed E-state index contributed by atoms with van der Waals surface area (Å²) in [5, 5.41) is 0. The molecule has 2 heteroatoms. The molecule has 0 saturated heterocycles. The van der Waals surface area contributed by atoms with Gasteiger partial charge in [-0.25, -0.2) is 0 Å². The van der Waals surface area contributed by atoms with Gasteiger partial charge < -0.3 is 0 Å². The van der Waals surface area contributed by atoms with Crippen molar-refractivity contribution in [3.05, 3.63) is 47.5 Å². The van der Waals surface area contributed by atoms with E-state index < -0.39 is 0 Å². The Bertz CT molecular complexity index is 346. The fourth-order valence-corrected chi connectivity index (χ4v) is 2.51. The van der Waals surface area contributed by atoms with Crippen LogP contribution in [0.5, 0.6) is 0 Å². The zero-order valence-corrected chi connectivity index (χ0v) is 9.16. The Morgan fingerprint density at radius 1 is 1.40 bits per heavy atom. The zero-order chi connectivity index (χ0) is 10.8. The third kappa shape index (κ3) is 1.96. The number of fused-ring (bicyclic) bond motifs is 1. The smallest absolute Gasteiger partial charge is 0.0449 e. The van der Waals surface area contributed by atoms with Crippen molar-refractivity contribution in [1.29, 1.82) is 0 Å². The van der Waals surface area contributed by atoms with E-state index in [2.05, 4.69) is 36.3 Å². The van der Waals surface area contributed by atoms with Gasteiger partial charge in [0.25, 0.3) is 0 Å². The molecule has 0 radical (unpaired) electrons. The summed E-state index contributed by atoms with van der Waals surface area (Å²) >= 11 is 0. The van der Waals surface area contributed by atoms with E-state index in [-0.39, 0.29) is 6.04 Å². The molecule has 2 rings (SSSR count). The Balaban J connectivity index is 2.15. The molecule has 0 bridgehead atoms. The number of rotatable bonds is 3. The van der Waals surface area contributed by atoms with Gasteiger partial charge in [0, 0.05) is 6.04 Å². The molecule has 0 heterocycles. The maximum absolute atomic E-state index is 5.58. The molecule has 1 aromatic rings. The van der Waals surface area contributed by atoms with Gasteiger partial charge in [-0.3, -0.25) is 11.3 Å². The summed E-state index contributed by atoms with van der Waals surface area (Å²) in [6, 6.07) is 8.86. The number of hydrazine groups is 1. The molecule has 1 atom stereocenters. The first-order chi connectivity index (χ1) is 7.22. The first kappa shape index (κ1) is 10.4. The Hall–Kier alpha value is -1.12. The molecule has 0 amide bonds. The van der Waals surface area contributed by atoms with Gasteiger partial charge in [-0.15, -0.1) is 0 Å². The van der Waals surface area contributed by atoms with Gasteiger partial charge in [-0.05, 0) is 36.8 Å². The van der Waals surface area contributed by atoms with Crippen molar-refractivity contribution >= 4 is 0 Å². The number of benzene rings is 1.